The van der Waals surface area contributed by atoms with Crippen molar-refractivity contribution >= 4 is 28.9 Å². The molecule has 0 saturated heterocycles. The molecule has 0 bridgehead atoms. The van der Waals surface area contributed by atoms with Gasteiger partial charge in [-0.1, -0.05) is 36.4 Å². The number of carbonyl (C=O) groups is 2. The van der Waals surface area contributed by atoms with Crippen LogP contribution in [0.25, 0.3) is 0 Å². The van der Waals surface area contributed by atoms with Gasteiger partial charge in [0.15, 0.2) is 0 Å². The summed E-state index contributed by atoms with van der Waals surface area (Å²) in [5.41, 5.74) is 3.48. The smallest absolute Gasteiger partial charge is 0.338 e. The summed E-state index contributed by atoms with van der Waals surface area (Å²) in [6, 6.07) is 20.2. The second-order valence-electron chi connectivity index (χ2n) is 7.79. The molecule has 0 atom stereocenters. The lowest BCUT2D eigenvalue weighted by Gasteiger charge is -2.08. The van der Waals surface area contributed by atoms with Crippen LogP contribution in [0.1, 0.15) is 32.2 Å². The minimum Gasteiger partial charge on any atom is -0.489 e. The Hall–Kier alpha value is -4.04. The molecule has 3 aromatic carbocycles. The van der Waals surface area contributed by atoms with Crippen molar-refractivity contribution < 1.29 is 23.5 Å². The fourth-order valence-corrected chi connectivity index (χ4v) is 4.00. The van der Waals surface area contributed by atoms with Gasteiger partial charge in [0.1, 0.15) is 29.8 Å². The molecule has 178 valence electrons. The first-order valence-corrected chi connectivity index (χ1v) is 11.8. The third kappa shape index (κ3) is 6.97. The van der Waals surface area contributed by atoms with Gasteiger partial charge in [0.25, 0.3) is 0 Å². The molecule has 0 saturated carbocycles. The Morgan fingerprint density at radius 1 is 1.00 bits per heavy atom. The number of benzene rings is 3. The van der Waals surface area contributed by atoms with E-state index in [1.54, 1.807) is 41.8 Å². The fraction of sp³-hybridized carbons (Fsp3) is 0.148. The van der Waals surface area contributed by atoms with E-state index < -0.39 is 5.97 Å². The maximum atomic E-state index is 13.0. The zero-order valence-corrected chi connectivity index (χ0v) is 19.8. The predicted octanol–water partition coefficient (Wildman–Crippen LogP) is 5.71. The first-order chi connectivity index (χ1) is 17.0. The van der Waals surface area contributed by atoms with Gasteiger partial charge in [0.2, 0.25) is 5.91 Å². The summed E-state index contributed by atoms with van der Waals surface area (Å²) in [6.45, 7) is 2.17. The van der Waals surface area contributed by atoms with E-state index in [0.29, 0.717) is 22.0 Å². The van der Waals surface area contributed by atoms with E-state index in [-0.39, 0.29) is 31.4 Å². The summed E-state index contributed by atoms with van der Waals surface area (Å²) >= 11 is 1.34. The highest BCUT2D eigenvalue weighted by atomic mass is 32.1. The predicted molar refractivity (Wildman–Crippen MR) is 132 cm³/mol. The van der Waals surface area contributed by atoms with E-state index >= 15 is 0 Å². The van der Waals surface area contributed by atoms with Gasteiger partial charge in [-0.15, -0.1) is 11.3 Å². The molecular weight excluding hydrogens is 467 g/mol. The van der Waals surface area contributed by atoms with Crippen molar-refractivity contribution in [3.05, 3.63) is 111 Å². The van der Waals surface area contributed by atoms with E-state index in [1.165, 1.54) is 23.5 Å². The third-order valence-electron chi connectivity index (χ3n) is 5.07. The van der Waals surface area contributed by atoms with Gasteiger partial charge in [0, 0.05) is 11.1 Å². The van der Waals surface area contributed by atoms with Gasteiger partial charge in [-0.3, -0.25) is 4.79 Å². The van der Waals surface area contributed by atoms with Gasteiger partial charge < -0.3 is 14.8 Å². The number of hydrogen-bond acceptors (Lipinski definition) is 6. The molecule has 8 heteroatoms. The summed E-state index contributed by atoms with van der Waals surface area (Å²) < 4.78 is 24.1. The quantitative estimate of drug-likeness (QED) is 0.304. The van der Waals surface area contributed by atoms with Crippen LogP contribution in [0.15, 0.2) is 78.2 Å². The molecule has 0 spiro atoms. The maximum absolute atomic E-state index is 13.0. The minimum absolute atomic E-state index is 0.00455. The van der Waals surface area contributed by atoms with E-state index in [0.717, 1.165) is 16.8 Å². The standard InChI is InChI=1S/C27H23FN2O4S/c1-18-5-2-3-8-24(18)30-25(31)14-26-29-22(17-35-26)16-34-27(32)20-6-4-7-23(13-20)33-15-19-9-11-21(28)12-10-19/h2-13,17H,14-16H2,1H3,(H,30,31). The first-order valence-electron chi connectivity index (χ1n) is 10.9. The van der Waals surface area contributed by atoms with Crippen LogP contribution in [0.5, 0.6) is 5.75 Å². The van der Waals surface area contributed by atoms with Crippen LogP contribution in [0, 0.1) is 12.7 Å². The Morgan fingerprint density at radius 2 is 1.80 bits per heavy atom. The Balaban J connectivity index is 1.27. The molecule has 35 heavy (non-hydrogen) atoms. The highest BCUT2D eigenvalue weighted by molar-refractivity contribution is 7.09. The van der Waals surface area contributed by atoms with Crippen molar-refractivity contribution in [3.8, 4) is 5.75 Å². The van der Waals surface area contributed by atoms with E-state index in [9.17, 15) is 14.0 Å². The zero-order chi connectivity index (χ0) is 24.6. The highest BCUT2D eigenvalue weighted by Crippen LogP contribution is 2.18. The lowest BCUT2D eigenvalue weighted by molar-refractivity contribution is -0.115. The zero-order valence-electron chi connectivity index (χ0n) is 19.0. The van der Waals surface area contributed by atoms with Crippen molar-refractivity contribution in [1.82, 2.24) is 4.98 Å². The van der Waals surface area contributed by atoms with Crippen molar-refractivity contribution in [2.75, 3.05) is 5.32 Å². The topological polar surface area (TPSA) is 77.5 Å². The summed E-state index contributed by atoms with van der Waals surface area (Å²) in [4.78, 5) is 29.2. The molecule has 0 aliphatic rings. The highest BCUT2D eigenvalue weighted by Gasteiger charge is 2.13. The molecule has 1 amide bonds. The van der Waals surface area contributed by atoms with Crippen LogP contribution >= 0.6 is 11.3 Å². The Kier molecular flexibility index (Phi) is 7.84. The SMILES string of the molecule is Cc1ccccc1NC(=O)Cc1nc(COC(=O)c2cccc(OCc3ccc(F)cc3)c2)cs1. The van der Waals surface area contributed by atoms with Crippen LogP contribution in [0.2, 0.25) is 0 Å². The van der Waals surface area contributed by atoms with E-state index in [4.69, 9.17) is 9.47 Å². The fourth-order valence-electron chi connectivity index (χ4n) is 3.22. The Labute approximate surface area is 206 Å². The largest absolute Gasteiger partial charge is 0.489 e. The molecule has 0 aliphatic heterocycles. The second kappa shape index (κ2) is 11.4. The number of aromatic nitrogens is 1. The number of aryl methyl sites for hydroxylation is 1. The number of ether oxygens (including phenoxy) is 2. The number of hydrogen-bond donors (Lipinski definition) is 1. The van der Waals surface area contributed by atoms with Crippen LogP contribution in [-0.4, -0.2) is 16.9 Å². The summed E-state index contributed by atoms with van der Waals surface area (Å²) in [5.74, 6) is -0.477. The number of amides is 1. The number of thiazole rings is 1. The maximum Gasteiger partial charge on any atom is 0.338 e. The second-order valence-corrected chi connectivity index (χ2v) is 8.73. The molecule has 0 aliphatic carbocycles. The van der Waals surface area contributed by atoms with Crippen LogP contribution in [-0.2, 0) is 29.2 Å². The summed E-state index contributed by atoms with van der Waals surface area (Å²) in [7, 11) is 0. The van der Waals surface area contributed by atoms with E-state index in [1.807, 2.05) is 31.2 Å². The molecule has 1 heterocycles. The number of anilines is 1. The Morgan fingerprint density at radius 3 is 2.60 bits per heavy atom. The average Bonchev–Trinajstić information content (AvgIpc) is 3.31. The number of para-hydroxylation sites is 1. The lowest BCUT2D eigenvalue weighted by atomic mass is 10.2. The molecular formula is C27H23FN2O4S. The Bertz CT molecular complexity index is 1320. The van der Waals surface area contributed by atoms with Crippen molar-refractivity contribution in [1.29, 1.82) is 0 Å². The van der Waals surface area contributed by atoms with Crippen molar-refractivity contribution in [2.24, 2.45) is 0 Å². The molecule has 1 N–H and O–H groups in total. The molecule has 0 radical (unpaired) electrons. The summed E-state index contributed by atoms with van der Waals surface area (Å²) in [6.07, 6.45) is 0.139. The number of nitrogens with zero attached hydrogens (tertiary/aromatic N) is 1. The molecule has 1 aromatic heterocycles. The summed E-state index contributed by atoms with van der Waals surface area (Å²) in [5, 5.41) is 5.29. The number of rotatable bonds is 9. The molecule has 4 aromatic rings. The minimum atomic E-state index is -0.510. The van der Waals surface area contributed by atoms with Crippen molar-refractivity contribution in [2.45, 2.75) is 26.6 Å². The first kappa shape index (κ1) is 24.1. The van der Waals surface area contributed by atoms with Gasteiger partial charge in [-0.05, 0) is 54.4 Å². The monoisotopic (exact) mass is 490 g/mol. The van der Waals surface area contributed by atoms with Gasteiger partial charge in [-0.2, -0.15) is 0 Å². The van der Waals surface area contributed by atoms with Crippen LogP contribution in [0.4, 0.5) is 10.1 Å². The lowest BCUT2D eigenvalue weighted by Crippen LogP contribution is -2.15. The molecule has 4 rings (SSSR count). The number of carbonyl (C=O) groups excluding carboxylic acids is 2. The van der Waals surface area contributed by atoms with Crippen LogP contribution in [0.3, 0.4) is 0 Å². The number of halogens is 1. The van der Waals surface area contributed by atoms with Crippen molar-refractivity contribution in [3.63, 3.8) is 0 Å². The van der Waals surface area contributed by atoms with E-state index in [2.05, 4.69) is 10.3 Å². The molecule has 0 unspecified atom stereocenters. The average molecular weight is 491 g/mol. The number of nitrogens with one attached hydrogen (secondary N) is 1. The normalized spacial score (nSPS) is 10.6. The number of esters is 1. The van der Waals surface area contributed by atoms with Gasteiger partial charge in [0.05, 0.1) is 17.7 Å². The van der Waals surface area contributed by atoms with Crippen LogP contribution < -0.4 is 10.1 Å². The van der Waals surface area contributed by atoms with Gasteiger partial charge >= 0.3 is 5.97 Å². The molecule has 0 fully saturated rings. The third-order valence-corrected chi connectivity index (χ3v) is 5.97. The molecule has 6 nitrogen and oxygen atoms in total. The van der Waals surface area contributed by atoms with Gasteiger partial charge in [-0.25, -0.2) is 14.2 Å².